The summed E-state index contributed by atoms with van der Waals surface area (Å²) in [4.78, 5) is 0.471. The van der Waals surface area contributed by atoms with Crippen LogP contribution in [-0.4, -0.2) is 0 Å². The van der Waals surface area contributed by atoms with Crippen LogP contribution in [0.5, 0.6) is 0 Å². The van der Waals surface area contributed by atoms with Gasteiger partial charge in [0.05, 0.1) is 0 Å². The van der Waals surface area contributed by atoms with E-state index >= 15 is 0 Å². The Morgan fingerprint density at radius 3 is 1.71 bits per heavy atom. The highest BCUT2D eigenvalue weighted by Crippen LogP contribution is 2.19. The van der Waals surface area contributed by atoms with Gasteiger partial charge in [-0.2, -0.15) is 0 Å². The van der Waals surface area contributed by atoms with Crippen molar-refractivity contribution in [2.24, 2.45) is 0 Å². The lowest BCUT2D eigenvalue weighted by atomic mass is 10.2. The van der Waals surface area contributed by atoms with Crippen LogP contribution >= 0.6 is 27.5 Å². The number of hydrogen-bond acceptors (Lipinski definition) is 0. The van der Waals surface area contributed by atoms with Crippen molar-refractivity contribution in [1.29, 1.82) is 0 Å². The van der Waals surface area contributed by atoms with Gasteiger partial charge in [0.25, 0.3) is 0 Å². The topological polar surface area (TPSA) is 0 Å². The molecule has 0 aliphatic rings. The Kier molecular flexibility index (Phi) is 6.99. The molecule has 0 aromatic heterocycles. The largest absolute Gasteiger partial charge is 0.122 e. The van der Waals surface area contributed by atoms with E-state index in [-0.39, 0.29) is 0 Å². The Bertz CT molecular complexity index is 398. The summed E-state index contributed by atoms with van der Waals surface area (Å²) in [6.45, 7) is 2.12. The zero-order valence-electron chi connectivity index (χ0n) is 9.81. The molecular weight excluding hydrogens is 296 g/mol. The van der Waals surface area contributed by atoms with Crippen LogP contribution in [-0.2, 0) is 5.88 Å². The molecule has 90 valence electrons. The molecule has 2 heteroatoms. The quantitative estimate of drug-likeness (QED) is 0.636. The first-order chi connectivity index (χ1) is 8.24. The lowest BCUT2D eigenvalue weighted by Gasteiger charge is -1.99. The molecule has 0 radical (unpaired) electrons. The van der Waals surface area contributed by atoms with Crippen molar-refractivity contribution in [2.45, 2.75) is 17.6 Å². The zero-order chi connectivity index (χ0) is 12.5. The summed E-state index contributed by atoms with van der Waals surface area (Å²) in [7, 11) is 0. The Hall–Kier alpha value is -0.790. The van der Waals surface area contributed by atoms with Gasteiger partial charge in [0.15, 0.2) is 0 Å². The first-order valence-corrected chi connectivity index (χ1v) is 6.98. The fourth-order valence-corrected chi connectivity index (χ4v) is 1.77. The van der Waals surface area contributed by atoms with Crippen molar-refractivity contribution in [3.8, 4) is 0 Å². The minimum atomic E-state index is 0.471. The molecule has 0 amide bonds. The highest BCUT2D eigenvalue weighted by molar-refractivity contribution is 9.09. The molecule has 17 heavy (non-hydrogen) atoms. The molecule has 0 saturated heterocycles. The normalized spacial score (nSPS) is 11.2. The SMILES string of the molecule is CC(Br)c1ccccc1.ClCc1ccccc1. The minimum absolute atomic E-state index is 0.471. The number of halogens is 2. The van der Waals surface area contributed by atoms with Crippen LogP contribution in [0.3, 0.4) is 0 Å². The molecule has 0 fully saturated rings. The van der Waals surface area contributed by atoms with Crippen molar-refractivity contribution in [3.05, 3.63) is 71.8 Å². The van der Waals surface area contributed by atoms with Gasteiger partial charge in [-0.15, -0.1) is 11.6 Å². The molecule has 0 aliphatic heterocycles. The standard InChI is InChI=1S/C8H9Br.C7H7Cl/c1-7(9)8-5-3-2-4-6-8;8-6-7-4-2-1-3-5-7/h2-7H,1H3;1-5H,6H2. The van der Waals surface area contributed by atoms with Crippen LogP contribution < -0.4 is 0 Å². The number of rotatable bonds is 2. The molecule has 0 heterocycles. The maximum absolute atomic E-state index is 5.53. The highest BCUT2D eigenvalue weighted by atomic mass is 79.9. The summed E-state index contributed by atoms with van der Waals surface area (Å²) in [5, 5.41) is 0. The van der Waals surface area contributed by atoms with Crippen LogP contribution in [0.25, 0.3) is 0 Å². The summed E-state index contributed by atoms with van der Waals surface area (Å²) in [5.74, 6) is 0.612. The Morgan fingerprint density at radius 1 is 0.941 bits per heavy atom. The van der Waals surface area contributed by atoms with Crippen molar-refractivity contribution >= 4 is 27.5 Å². The third-order valence-electron chi connectivity index (χ3n) is 2.26. The second kappa shape index (κ2) is 8.32. The first kappa shape index (κ1) is 14.3. The second-order valence-corrected chi connectivity index (χ2v) is 5.29. The molecule has 0 bridgehead atoms. The lowest BCUT2D eigenvalue weighted by molar-refractivity contribution is 1.12. The molecule has 0 nitrogen and oxygen atoms in total. The molecule has 2 rings (SSSR count). The molecule has 2 aromatic rings. The van der Waals surface area contributed by atoms with Crippen LogP contribution in [0.15, 0.2) is 60.7 Å². The molecule has 0 aliphatic carbocycles. The molecule has 0 saturated carbocycles. The van der Waals surface area contributed by atoms with E-state index in [0.29, 0.717) is 10.7 Å². The second-order valence-electron chi connectivity index (χ2n) is 3.65. The van der Waals surface area contributed by atoms with Crippen LogP contribution in [0.2, 0.25) is 0 Å². The van der Waals surface area contributed by atoms with Crippen LogP contribution in [0.4, 0.5) is 0 Å². The van der Waals surface area contributed by atoms with E-state index in [2.05, 4.69) is 35.0 Å². The van der Waals surface area contributed by atoms with E-state index in [1.807, 2.05) is 48.5 Å². The summed E-state index contributed by atoms with van der Waals surface area (Å²) in [6, 6.07) is 20.3. The summed E-state index contributed by atoms with van der Waals surface area (Å²) >= 11 is 9.01. The number of benzene rings is 2. The van der Waals surface area contributed by atoms with E-state index in [0.717, 1.165) is 0 Å². The molecule has 2 aromatic carbocycles. The predicted octanol–water partition coefficient (Wildman–Crippen LogP) is 5.57. The van der Waals surface area contributed by atoms with E-state index in [1.54, 1.807) is 0 Å². The average Bonchev–Trinajstić information content (AvgIpc) is 2.41. The monoisotopic (exact) mass is 310 g/mol. The Balaban J connectivity index is 0.000000171. The minimum Gasteiger partial charge on any atom is -0.122 e. The zero-order valence-corrected chi connectivity index (χ0v) is 12.2. The van der Waals surface area contributed by atoms with Crippen molar-refractivity contribution < 1.29 is 0 Å². The first-order valence-electron chi connectivity index (χ1n) is 5.53. The summed E-state index contributed by atoms with van der Waals surface area (Å²) in [5.41, 5.74) is 2.51. The maximum atomic E-state index is 5.53. The fourth-order valence-electron chi connectivity index (χ4n) is 1.29. The van der Waals surface area contributed by atoms with E-state index in [1.165, 1.54) is 11.1 Å². The fraction of sp³-hybridized carbons (Fsp3) is 0.200. The van der Waals surface area contributed by atoms with Gasteiger partial charge in [-0.25, -0.2) is 0 Å². The van der Waals surface area contributed by atoms with Crippen LogP contribution in [0.1, 0.15) is 22.9 Å². The van der Waals surface area contributed by atoms with Gasteiger partial charge in [0.2, 0.25) is 0 Å². The highest BCUT2D eigenvalue weighted by Gasteiger charge is 1.95. The third-order valence-corrected chi connectivity index (χ3v) is 3.09. The number of hydrogen-bond donors (Lipinski definition) is 0. The molecule has 1 atom stereocenters. The van der Waals surface area contributed by atoms with Crippen molar-refractivity contribution in [1.82, 2.24) is 0 Å². The van der Waals surface area contributed by atoms with Gasteiger partial charge in [-0.05, 0) is 18.1 Å². The summed E-state index contributed by atoms with van der Waals surface area (Å²) in [6.07, 6.45) is 0. The van der Waals surface area contributed by atoms with Gasteiger partial charge in [0, 0.05) is 10.7 Å². The molecule has 0 N–H and O–H groups in total. The van der Waals surface area contributed by atoms with Gasteiger partial charge in [-0.3, -0.25) is 0 Å². The van der Waals surface area contributed by atoms with Gasteiger partial charge >= 0.3 is 0 Å². The van der Waals surface area contributed by atoms with Crippen LogP contribution in [0, 0.1) is 0 Å². The summed E-state index contributed by atoms with van der Waals surface area (Å²) < 4.78 is 0. The molecule has 0 spiro atoms. The Morgan fingerprint density at radius 2 is 1.41 bits per heavy atom. The lowest BCUT2D eigenvalue weighted by Crippen LogP contribution is -1.79. The maximum Gasteiger partial charge on any atom is 0.0474 e. The van der Waals surface area contributed by atoms with E-state index in [4.69, 9.17) is 11.6 Å². The van der Waals surface area contributed by atoms with Gasteiger partial charge < -0.3 is 0 Å². The van der Waals surface area contributed by atoms with Crippen molar-refractivity contribution in [3.63, 3.8) is 0 Å². The molecule has 1 unspecified atom stereocenters. The van der Waals surface area contributed by atoms with Gasteiger partial charge in [-0.1, -0.05) is 76.6 Å². The van der Waals surface area contributed by atoms with Crippen molar-refractivity contribution in [2.75, 3.05) is 0 Å². The van der Waals surface area contributed by atoms with E-state index in [9.17, 15) is 0 Å². The van der Waals surface area contributed by atoms with E-state index < -0.39 is 0 Å². The predicted molar refractivity (Wildman–Crippen MR) is 79.8 cm³/mol. The number of alkyl halides is 2. The average molecular weight is 312 g/mol. The third kappa shape index (κ3) is 5.90. The molecular formula is C15H16BrCl. The Labute approximate surface area is 117 Å². The van der Waals surface area contributed by atoms with Gasteiger partial charge in [0.1, 0.15) is 0 Å². The smallest absolute Gasteiger partial charge is 0.0474 e.